The van der Waals surface area contributed by atoms with E-state index in [-0.39, 0.29) is 23.1 Å². The lowest BCUT2D eigenvalue weighted by Crippen LogP contribution is -2.29. The number of rotatable bonds is 7. The number of aromatic hydroxyl groups is 1. The van der Waals surface area contributed by atoms with Crippen LogP contribution in [0.3, 0.4) is 0 Å². The Hall–Kier alpha value is -4.03. The number of carbonyl (C=O) groups excluding carboxylic acids is 2. The molecule has 2 atom stereocenters. The zero-order valence-corrected chi connectivity index (χ0v) is 21.3. The summed E-state index contributed by atoms with van der Waals surface area (Å²) in [7, 11) is 3.75. The Bertz CT molecular complexity index is 1480. The molecule has 0 saturated carbocycles. The molecule has 2 heterocycles. The number of halogens is 1. The molecule has 2 aromatic carbocycles. The molecule has 1 aliphatic rings. The van der Waals surface area contributed by atoms with Crippen molar-refractivity contribution in [3.05, 3.63) is 85.5 Å². The van der Waals surface area contributed by atoms with E-state index >= 15 is 0 Å². The molecule has 192 valence electrons. The lowest BCUT2D eigenvalue weighted by molar-refractivity contribution is -0.122. The molecule has 1 aliphatic heterocycles. The number of aliphatic imine (C=N–C) groups is 1. The van der Waals surface area contributed by atoms with Crippen LogP contribution in [0.2, 0.25) is 5.02 Å². The van der Waals surface area contributed by atoms with Gasteiger partial charge < -0.3 is 20.6 Å². The van der Waals surface area contributed by atoms with Crippen LogP contribution in [0.4, 0.5) is 11.4 Å². The number of thioether (sulfide) groups is 1. The van der Waals surface area contributed by atoms with E-state index in [1.807, 2.05) is 31.1 Å². The van der Waals surface area contributed by atoms with Crippen molar-refractivity contribution >= 4 is 51.7 Å². The predicted octanol–water partition coefficient (Wildman–Crippen LogP) is 2.19. The molecule has 0 bridgehead atoms. The van der Waals surface area contributed by atoms with E-state index < -0.39 is 34.3 Å². The number of nitrogens with one attached hydrogen (secondary N) is 4. The van der Waals surface area contributed by atoms with Gasteiger partial charge in [-0.2, -0.15) is 0 Å². The summed E-state index contributed by atoms with van der Waals surface area (Å²) in [4.78, 5) is 60.0. The first-order valence-corrected chi connectivity index (χ1v) is 12.3. The van der Waals surface area contributed by atoms with E-state index in [0.717, 1.165) is 17.4 Å². The quantitative estimate of drug-likeness (QED) is 0.306. The molecule has 4 rings (SSSR count). The summed E-state index contributed by atoms with van der Waals surface area (Å²) < 4.78 is 0. The summed E-state index contributed by atoms with van der Waals surface area (Å²) >= 11 is 6.98. The highest BCUT2D eigenvalue weighted by Crippen LogP contribution is 2.32. The van der Waals surface area contributed by atoms with Crippen molar-refractivity contribution in [1.29, 1.82) is 0 Å². The van der Waals surface area contributed by atoms with Gasteiger partial charge in [-0.3, -0.25) is 24.4 Å². The fraction of sp³-hybridized carbons (Fsp3) is 0.208. The van der Waals surface area contributed by atoms with Crippen molar-refractivity contribution < 1.29 is 14.7 Å². The van der Waals surface area contributed by atoms with Gasteiger partial charge >= 0.3 is 5.69 Å². The second-order valence-corrected chi connectivity index (χ2v) is 9.98. The van der Waals surface area contributed by atoms with Gasteiger partial charge in [-0.05, 0) is 35.9 Å². The van der Waals surface area contributed by atoms with Gasteiger partial charge in [0.05, 0.1) is 0 Å². The van der Waals surface area contributed by atoms with Gasteiger partial charge in [0.2, 0.25) is 17.7 Å². The number of benzene rings is 2. The van der Waals surface area contributed by atoms with Gasteiger partial charge in [-0.15, -0.1) is 0 Å². The van der Waals surface area contributed by atoms with Crippen molar-refractivity contribution in [3.8, 4) is 5.88 Å². The average Bonchev–Trinajstić information content (AvgIpc) is 3.16. The highest BCUT2D eigenvalue weighted by atomic mass is 35.5. The summed E-state index contributed by atoms with van der Waals surface area (Å²) in [6, 6.07) is 12.7. The van der Waals surface area contributed by atoms with Crippen LogP contribution in [0.1, 0.15) is 23.6 Å². The number of aromatic amines is 2. The minimum Gasteiger partial charge on any atom is -0.494 e. The smallest absolute Gasteiger partial charge is 0.328 e. The normalized spacial score (nSPS) is 16.9. The van der Waals surface area contributed by atoms with Crippen LogP contribution in [0.5, 0.6) is 5.88 Å². The van der Waals surface area contributed by atoms with Crippen molar-refractivity contribution in [2.75, 3.05) is 24.3 Å². The minimum absolute atomic E-state index is 0.130. The Morgan fingerprint density at radius 2 is 1.89 bits per heavy atom. The first-order chi connectivity index (χ1) is 17.6. The summed E-state index contributed by atoms with van der Waals surface area (Å²) in [6.45, 7) is 0. The first-order valence-electron chi connectivity index (χ1n) is 11.0. The molecule has 2 amide bonds. The molecule has 0 radical (unpaired) electrons. The van der Waals surface area contributed by atoms with Crippen LogP contribution >= 0.6 is 23.4 Å². The molecule has 2 unspecified atom stereocenters. The third kappa shape index (κ3) is 6.22. The number of H-pyrrole nitrogens is 2. The van der Waals surface area contributed by atoms with Crippen molar-refractivity contribution in [1.82, 2.24) is 15.3 Å². The topological polar surface area (TPSA) is 160 Å². The van der Waals surface area contributed by atoms with Crippen molar-refractivity contribution in [2.45, 2.75) is 17.7 Å². The Morgan fingerprint density at radius 1 is 1.16 bits per heavy atom. The van der Waals surface area contributed by atoms with Crippen LogP contribution in [-0.2, 0) is 9.59 Å². The van der Waals surface area contributed by atoms with E-state index in [1.54, 1.807) is 36.4 Å². The lowest BCUT2D eigenvalue weighted by atomic mass is 10.0. The number of nitrogens with zero attached hydrogens (tertiary/aromatic N) is 2. The third-order valence-corrected chi connectivity index (χ3v) is 6.79. The second-order valence-electron chi connectivity index (χ2n) is 8.35. The summed E-state index contributed by atoms with van der Waals surface area (Å²) in [5.41, 5.74) is 0.0477. The molecular formula is C24H23ClN6O5S. The fourth-order valence-corrected chi connectivity index (χ4v) is 4.85. The minimum atomic E-state index is -1.06. The molecule has 11 nitrogen and oxygen atoms in total. The predicted molar refractivity (Wildman–Crippen MR) is 144 cm³/mol. The standard InChI is InChI=1S/C24H23ClN6O5S/c1-31(2)15-8-6-12(7-9-15)19(18-21(34)28-23(36)29-22(18)35)27-24-30-20(33)16(37-24)11-17(32)26-14-5-3-4-13(25)10-14/h3-10,16,19H,11H2,1-2H3,(H,26,32)(H,27,30,33)(H3,28,29,34,35,36). The van der Waals surface area contributed by atoms with Crippen LogP contribution < -0.4 is 26.8 Å². The van der Waals surface area contributed by atoms with Crippen molar-refractivity contribution in [2.24, 2.45) is 4.99 Å². The number of amides is 2. The highest BCUT2D eigenvalue weighted by molar-refractivity contribution is 8.15. The summed E-state index contributed by atoms with van der Waals surface area (Å²) in [5.74, 6) is -1.44. The van der Waals surface area contributed by atoms with Gasteiger partial charge in [0.25, 0.3) is 5.56 Å². The zero-order chi connectivity index (χ0) is 26.7. The maximum absolute atomic E-state index is 12.6. The van der Waals surface area contributed by atoms with Gasteiger partial charge in [0.1, 0.15) is 16.9 Å². The Morgan fingerprint density at radius 3 is 2.54 bits per heavy atom. The van der Waals surface area contributed by atoms with Gasteiger partial charge in [-0.1, -0.05) is 41.6 Å². The molecule has 1 aromatic heterocycles. The first kappa shape index (κ1) is 26.0. The summed E-state index contributed by atoms with van der Waals surface area (Å²) in [5, 5.41) is 15.6. The zero-order valence-electron chi connectivity index (χ0n) is 19.7. The number of hydrogen-bond acceptors (Lipinski definition) is 8. The molecule has 3 aromatic rings. The number of aromatic nitrogens is 2. The van der Waals surface area contributed by atoms with Crippen LogP contribution in [0, 0.1) is 0 Å². The number of carbonyl (C=O) groups is 2. The largest absolute Gasteiger partial charge is 0.494 e. The number of hydrogen-bond donors (Lipinski definition) is 5. The number of anilines is 2. The Labute approximate surface area is 220 Å². The SMILES string of the molecule is CN(C)c1ccc(C(N=C2NC(=O)C(CC(=O)Nc3cccc(Cl)c3)S2)c2c(O)[nH]c(=O)[nH]c2=O)cc1. The van der Waals surface area contributed by atoms with Crippen LogP contribution in [0.25, 0.3) is 0 Å². The van der Waals surface area contributed by atoms with Gasteiger partial charge in [0.15, 0.2) is 5.17 Å². The highest BCUT2D eigenvalue weighted by Gasteiger charge is 2.34. The van der Waals surface area contributed by atoms with Gasteiger partial charge in [0, 0.05) is 36.9 Å². The molecule has 13 heteroatoms. The molecule has 37 heavy (non-hydrogen) atoms. The van der Waals surface area contributed by atoms with E-state index in [2.05, 4.69) is 25.6 Å². The maximum Gasteiger partial charge on any atom is 0.328 e. The Kier molecular flexibility index (Phi) is 7.69. The summed E-state index contributed by atoms with van der Waals surface area (Å²) in [6.07, 6.45) is -0.130. The molecule has 0 spiro atoms. The van der Waals surface area contributed by atoms with E-state index in [4.69, 9.17) is 11.6 Å². The maximum atomic E-state index is 12.6. The second kappa shape index (κ2) is 10.9. The van der Waals surface area contributed by atoms with Crippen molar-refractivity contribution in [3.63, 3.8) is 0 Å². The molecule has 5 N–H and O–H groups in total. The Balaban J connectivity index is 1.61. The molecule has 1 fully saturated rings. The average molecular weight is 543 g/mol. The number of amidine groups is 1. The molecule has 1 saturated heterocycles. The van der Waals surface area contributed by atoms with Gasteiger partial charge in [-0.25, -0.2) is 9.79 Å². The van der Waals surface area contributed by atoms with Crippen LogP contribution in [-0.4, -0.2) is 51.4 Å². The fourth-order valence-electron chi connectivity index (χ4n) is 3.66. The van der Waals surface area contributed by atoms with E-state index in [1.165, 1.54) is 0 Å². The molecule has 0 aliphatic carbocycles. The monoisotopic (exact) mass is 542 g/mol. The van der Waals surface area contributed by atoms with E-state index in [0.29, 0.717) is 16.3 Å². The molecular weight excluding hydrogens is 520 g/mol. The third-order valence-electron chi connectivity index (χ3n) is 5.46. The van der Waals surface area contributed by atoms with E-state index in [9.17, 15) is 24.3 Å². The van der Waals surface area contributed by atoms with Crippen LogP contribution in [0.15, 0.2) is 63.1 Å². The lowest BCUT2D eigenvalue weighted by Gasteiger charge is -2.17.